The average molecular weight is 283 g/mol. The molecule has 1 unspecified atom stereocenters. The minimum absolute atomic E-state index is 0.390. The monoisotopic (exact) mass is 283 g/mol. The Morgan fingerprint density at radius 3 is 2.26 bits per heavy atom. The van der Waals surface area contributed by atoms with Crippen molar-refractivity contribution in [3.05, 3.63) is 0 Å². The van der Waals surface area contributed by atoms with E-state index in [9.17, 15) is 23.2 Å². The third-order valence-corrected chi connectivity index (χ3v) is 2.02. The minimum atomic E-state index is -2.84. The topological polar surface area (TPSA) is 133 Å². The van der Waals surface area contributed by atoms with Crippen LogP contribution in [-0.4, -0.2) is 65.2 Å². The molecule has 0 aliphatic carbocycles. The number of rotatable bonds is 8. The molecule has 0 radical (unpaired) electrons. The molecule has 0 aromatic carbocycles. The number of alkyl halides is 2. The summed E-state index contributed by atoms with van der Waals surface area (Å²) in [4.78, 5) is 33.4. The molecule has 0 bridgehead atoms. The summed E-state index contributed by atoms with van der Waals surface area (Å²) in [6, 6.07) is -2.73. The number of carbonyl (C=O) groups is 3. The second kappa shape index (κ2) is 8.19. The van der Waals surface area contributed by atoms with Crippen LogP contribution in [0.4, 0.5) is 13.6 Å². The number of nitrogens with zero attached hydrogens (tertiary/aromatic N) is 1. The Balaban J connectivity index is 4.65. The van der Waals surface area contributed by atoms with Crippen LogP contribution in [0.5, 0.6) is 0 Å². The summed E-state index contributed by atoms with van der Waals surface area (Å²) in [6.07, 6.45) is -3.50. The standard InChI is InChI=1S/C9H15F2N3O5/c10-6(11)4-14(1-2-15)9(19)13-5(8(17)18)3-7(12)16/h5-6,15H,1-4H2,(H2,12,16)(H,13,19)(H,17,18). The first-order valence-electron chi connectivity index (χ1n) is 5.23. The molecule has 10 heteroatoms. The molecule has 0 aromatic rings. The highest BCUT2D eigenvalue weighted by Gasteiger charge is 2.25. The molecular weight excluding hydrogens is 268 g/mol. The highest BCUT2D eigenvalue weighted by Crippen LogP contribution is 2.01. The number of carboxylic acids is 1. The van der Waals surface area contributed by atoms with Gasteiger partial charge in [0.15, 0.2) is 0 Å². The quantitative estimate of drug-likeness (QED) is 0.434. The first kappa shape index (κ1) is 17.0. The van der Waals surface area contributed by atoms with Crippen LogP contribution >= 0.6 is 0 Å². The van der Waals surface area contributed by atoms with Gasteiger partial charge in [-0.15, -0.1) is 0 Å². The number of nitrogens with two attached hydrogens (primary N) is 1. The van der Waals surface area contributed by atoms with E-state index < -0.39 is 49.9 Å². The second-order valence-electron chi connectivity index (χ2n) is 3.57. The predicted octanol–water partition coefficient (Wildman–Crippen LogP) is -1.42. The van der Waals surface area contributed by atoms with Crippen LogP contribution < -0.4 is 11.1 Å². The fourth-order valence-electron chi connectivity index (χ4n) is 1.20. The van der Waals surface area contributed by atoms with E-state index >= 15 is 0 Å². The van der Waals surface area contributed by atoms with Gasteiger partial charge in [-0.1, -0.05) is 0 Å². The molecular formula is C9H15F2N3O5. The largest absolute Gasteiger partial charge is 0.480 e. The maximum atomic E-state index is 12.2. The number of nitrogens with one attached hydrogen (secondary N) is 1. The summed E-state index contributed by atoms with van der Waals surface area (Å²) in [7, 11) is 0. The Labute approximate surface area is 107 Å². The summed E-state index contributed by atoms with van der Waals surface area (Å²) >= 11 is 0. The molecule has 19 heavy (non-hydrogen) atoms. The fourth-order valence-corrected chi connectivity index (χ4v) is 1.20. The van der Waals surface area contributed by atoms with Crippen molar-refractivity contribution in [3.63, 3.8) is 0 Å². The van der Waals surface area contributed by atoms with Crippen molar-refractivity contribution in [1.82, 2.24) is 10.2 Å². The van der Waals surface area contributed by atoms with Crippen LogP contribution in [0.15, 0.2) is 0 Å². The summed E-state index contributed by atoms with van der Waals surface area (Å²) in [6.45, 7) is -1.91. The number of carboxylic acid groups (broad SMARTS) is 1. The number of carbonyl (C=O) groups excluding carboxylic acids is 2. The van der Waals surface area contributed by atoms with Gasteiger partial charge in [0, 0.05) is 6.54 Å². The van der Waals surface area contributed by atoms with Gasteiger partial charge in [-0.25, -0.2) is 18.4 Å². The van der Waals surface area contributed by atoms with Crippen molar-refractivity contribution < 1.29 is 33.4 Å². The zero-order chi connectivity index (χ0) is 15.0. The van der Waals surface area contributed by atoms with Crippen LogP contribution in [0, 0.1) is 0 Å². The van der Waals surface area contributed by atoms with Crippen molar-refractivity contribution in [2.75, 3.05) is 19.7 Å². The molecule has 0 saturated carbocycles. The summed E-state index contributed by atoms with van der Waals surface area (Å²) in [5, 5.41) is 19.2. The van der Waals surface area contributed by atoms with Gasteiger partial charge < -0.3 is 26.2 Å². The minimum Gasteiger partial charge on any atom is -0.480 e. The summed E-state index contributed by atoms with van der Waals surface area (Å²) < 4.78 is 24.4. The predicted molar refractivity (Wildman–Crippen MR) is 58.4 cm³/mol. The SMILES string of the molecule is NC(=O)CC(NC(=O)N(CCO)CC(F)F)C(=O)O. The van der Waals surface area contributed by atoms with Crippen LogP contribution in [0.2, 0.25) is 0 Å². The van der Waals surface area contributed by atoms with Crippen molar-refractivity contribution in [3.8, 4) is 0 Å². The molecule has 8 nitrogen and oxygen atoms in total. The van der Waals surface area contributed by atoms with Gasteiger partial charge in [-0.2, -0.15) is 0 Å². The van der Waals surface area contributed by atoms with Gasteiger partial charge in [0.1, 0.15) is 6.04 Å². The van der Waals surface area contributed by atoms with Gasteiger partial charge in [0.25, 0.3) is 6.43 Å². The Hall–Kier alpha value is -1.97. The Bertz CT molecular complexity index is 340. The van der Waals surface area contributed by atoms with E-state index in [1.54, 1.807) is 0 Å². The number of halogens is 2. The first-order valence-corrected chi connectivity index (χ1v) is 5.23. The van der Waals surface area contributed by atoms with E-state index in [4.69, 9.17) is 15.9 Å². The third-order valence-electron chi connectivity index (χ3n) is 2.02. The van der Waals surface area contributed by atoms with Crippen molar-refractivity contribution >= 4 is 17.9 Å². The second-order valence-corrected chi connectivity index (χ2v) is 3.57. The van der Waals surface area contributed by atoms with E-state index in [0.717, 1.165) is 0 Å². The van der Waals surface area contributed by atoms with Gasteiger partial charge in [0.2, 0.25) is 5.91 Å². The molecule has 0 aromatic heterocycles. The summed E-state index contributed by atoms with van der Waals surface area (Å²) in [5.41, 5.74) is 4.80. The van der Waals surface area contributed by atoms with Crippen molar-refractivity contribution in [2.24, 2.45) is 5.73 Å². The Morgan fingerprint density at radius 2 is 1.89 bits per heavy atom. The zero-order valence-electron chi connectivity index (χ0n) is 9.88. The van der Waals surface area contributed by atoms with E-state index in [0.29, 0.717) is 4.90 Å². The first-order chi connectivity index (χ1) is 8.77. The average Bonchev–Trinajstić information content (AvgIpc) is 2.26. The van der Waals surface area contributed by atoms with Crippen molar-refractivity contribution in [1.29, 1.82) is 0 Å². The third kappa shape index (κ3) is 7.13. The Morgan fingerprint density at radius 1 is 1.32 bits per heavy atom. The molecule has 1 atom stereocenters. The number of aliphatic carboxylic acids is 1. The molecule has 0 aliphatic rings. The van der Waals surface area contributed by atoms with Gasteiger partial charge >= 0.3 is 12.0 Å². The highest BCUT2D eigenvalue weighted by atomic mass is 19.3. The van der Waals surface area contributed by atoms with Gasteiger partial charge in [-0.05, 0) is 0 Å². The maximum absolute atomic E-state index is 12.2. The normalized spacial score (nSPS) is 12.0. The number of hydrogen-bond donors (Lipinski definition) is 4. The number of primary amides is 1. The van der Waals surface area contributed by atoms with E-state index in [1.807, 2.05) is 5.32 Å². The number of amides is 3. The zero-order valence-corrected chi connectivity index (χ0v) is 9.88. The highest BCUT2D eigenvalue weighted by molar-refractivity contribution is 5.87. The van der Waals surface area contributed by atoms with E-state index in [1.165, 1.54) is 0 Å². The lowest BCUT2D eigenvalue weighted by Crippen LogP contribution is -2.51. The lowest BCUT2D eigenvalue weighted by atomic mass is 10.2. The molecule has 110 valence electrons. The van der Waals surface area contributed by atoms with Crippen molar-refractivity contribution in [2.45, 2.75) is 18.9 Å². The van der Waals surface area contributed by atoms with Gasteiger partial charge in [0.05, 0.1) is 19.6 Å². The molecule has 0 aliphatic heterocycles. The molecule has 0 heterocycles. The van der Waals surface area contributed by atoms with Crippen LogP contribution in [0.25, 0.3) is 0 Å². The van der Waals surface area contributed by atoms with E-state index in [2.05, 4.69) is 0 Å². The molecule has 0 saturated heterocycles. The summed E-state index contributed by atoms with van der Waals surface area (Å²) in [5.74, 6) is -2.48. The smallest absolute Gasteiger partial charge is 0.326 e. The molecule has 0 spiro atoms. The maximum Gasteiger partial charge on any atom is 0.326 e. The molecule has 5 N–H and O–H groups in total. The van der Waals surface area contributed by atoms with E-state index in [-0.39, 0.29) is 6.54 Å². The Kier molecular flexibility index (Phi) is 7.34. The molecule has 3 amide bonds. The fraction of sp³-hybridized carbons (Fsp3) is 0.667. The number of urea groups is 1. The molecule has 0 fully saturated rings. The van der Waals surface area contributed by atoms with Crippen LogP contribution in [-0.2, 0) is 9.59 Å². The number of hydrogen-bond acceptors (Lipinski definition) is 4. The lowest BCUT2D eigenvalue weighted by molar-refractivity contribution is -0.141. The number of aliphatic hydroxyl groups excluding tert-OH is 1. The van der Waals surface area contributed by atoms with Crippen LogP contribution in [0.3, 0.4) is 0 Å². The van der Waals surface area contributed by atoms with Gasteiger partial charge in [-0.3, -0.25) is 4.79 Å². The van der Waals surface area contributed by atoms with Crippen LogP contribution in [0.1, 0.15) is 6.42 Å². The molecule has 0 rings (SSSR count). The number of aliphatic hydroxyl groups is 1. The lowest BCUT2D eigenvalue weighted by Gasteiger charge is -2.23.